The van der Waals surface area contributed by atoms with Crippen LogP contribution in [-0.2, 0) is 0 Å². The van der Waals surface area contributed by atoms with Gasteiger partial charge in [-0.1, -0.05) is 22.8 Å². The molecule has 1 N–H and O–H groups in total. The molecule has 0 fully saturated rings. The predicted molar refractivity (Wildman–Crippen MR) is 65.6 cm³/mol. The van der Waals surface area contributed by atoms with Gasteiger partial charge in [0, 0.05) is 10.9 Å². The molecular weight excluding hydrogens is 224 g/mol. The van der Waals surface area contributed by atoms with Gasteiger partial charge in [0.25, 0.3) is 0 Å². The lowest BCUT2D eigenvalue weighted by Crippen LogP contribution is -1.91. The molecule has 16 heavy (non-hydrogen) atoms. The number of hydrogen-bond acceptors (Lipinski definition) is 3. The molecule has 1 heterocycles. The van der Waals surface area contributed by atoms with Gasteiger partial charge >= 0.3 is 0 Å². The second-order valence-corrected chi connectivity index (χ2v) is 4.12. The molecule has 1 aromatic heterocycles. The first-order chi connectivity index (χ1) is 7.61. The van der Waals surface area contributed by atoms with Crippen molar-refractivity contribution in [3.63, 3.8) is 0 Å². The summed E-state index contributed by atoms with van der Waals surface area (Å²) in [4.78, 5) is 4.28. The summed E-state index contributed by atoms with van der Waals surface area (Å²) in [5, 5.41) is 12.8. The predicted octanol–water partition coefficient (Wildman–Crippen LogP) is 3.31. The third-order valence-corrected chi connectivity index (χ3v) is 2.77. The molecule has 1 aromatic carbocycles. The van der Waals surface area contributed by atoms with E-state index in [9.17, 15) is 0 Å². The summed E-state index contributed by atoms with van der Waals surface area (Å²) in [6, 6.07) is 5.94. The number of rotatable bonds is 1. The molecule has 0 spiro atoms. The highest BCUT2D eigenvalue weighted by Crippen LogP contribution is 2.23. The summed E-state index contributed by atoms with van der Waals surface area (Å²) < 4.78 is 0. The molecule has 0 radical (unpaired) electrons. The van der Waals surface area contributed by atoms with E-state index in [1.165, 1.54) is 6.21 Å². The first kappa shape index (κ1) is 10.9. The maximum Gasteiger partial charge on any atom is 0.138 e. The Morgan fingerprint density at radius 3 is 2.75 bits per heavy atom. The van der Waals surface area contributed by atoms with Crippen molar-refractivity contribution in [2.24, 2.45) is 5.16 Å². The van der Waals surface area contributed by atoms with Crippen molar-refractivity contribution in [3.8, 4) is 0 Å². The number of fused-ring (bicyclic) bond motifs is 1. The largest absolute Gasteiger partial charge is 0.411 e. The topological polar surface area (TPSA) is 45.5 Å². The Kier molecular flexibility index (Phi) is 2.79. The Balaban J connectivity index is 2.79. The summed E-state index contributed by atoms with van der Waals surface area (Å²) in [6.07, 6.45) is 1.29. The van der Waals surface area contributed by atoms with Crippen molar-refractivity contribution in [1.82, 2.24) is 4.98 Å². The van der Waals surface area contributed by atoms with Crippen LogP contribution in [0.4, 0.5) is 0 Å². The van der Waals surface area contributed by atoms with Crippen LogP contribution in [0, 0.1) is 13.8 Å². The molecule has 0 aliphatic heterocycles. The second-order valence-electron chi connectivity index (χ2n) is 3.76. The zero-order valence-electron chi connectivity index (χ0n) is 9.03. The van der Waals surface area contributed by atoms with Gasteiger partial charge in [-0.2, -0.15) is 0 Å². The number of aromatic nitrogens is 1. The lowest BCUT2D eigenvalue weighted by molar-refractivity contribution is 0.322. The van der Waals surface area contributed by atoms with Gasteiger partial charge in [0.15, 0.2) is 0 Å². The molecule has 0 unspecified atom stereocenters. The monoisotopic (exact) mass is 234 g/mol. The fraction of sp³-hybridized carbons (Fsp3) is 0.167. The number of pyridine rings is 1. The van der Waals surface area contributed by atoms with Crippen LogP contribution in [0.5, 0.6) is 0 Å². The molecule has 0 aliphatic carbocycles. The maximum absolute atomic E-state index is 8.51. The Bertz CT molecular complexity index is 579. The maximum atomic E-state index is 8.51. The minimum Gasteiger partial charge on any atom is -0.411 e. The highest BCUT2D eigenvalue weighted by Gasteiger charge is 2.05. The standard InChI is InChI=1S/C12H11ClN2O/c1-7-3-8(2)10-5-9(6-14-16)12(13)15-11(10)4-7/h3-6,16H,1-2H3. The van der Waals surface area contributed by atoms with Crippen molar-refractivity contribution in [2.75, 3.05) is 0 Å². The van der Waals surface area contributed by atoms with E-state index in [0.717, 1.165) is 22.0 Å². The SMILES string of the molecule is Cc1cc(C)c2cc(C=NO)c(Cl)nc2c1. The van der Waals surface area contributed by atoms with Crippen molar-refractivity contribution in [2.45, 2.75) is 13.8 Å². The van der Waals surface area contributed by atoms with Crippen molar-refractivity contribution >= 4 is 28.7 Å². The molecule has 0 saturated carbocycles. The highest BCUT2D eigenvalue weighted by atomic mass is 35.5. The number of benzene rings is 1. The van der Waals surface area contributed by atoms with E-state index in [1.54, 1.807) is 0 Å². The fourth-order valence-corrected chi connectivity index (χ4v) is 1.97. The molecule has 0 bridgehead atoms. The molecule has 82 valence electrons. The highest BCUT2D eigenvalue weighted by molar-refractivity contribution is 6.32. The minimum atomic E-state index is 0.343. The van der Waals surface area contributed by atoms with Crippen molar-refractivity contribution < 1.29 is 5.21 Å². The van der Waals surface area contributed by atoms with Crippen LogP contribution >= 0.6 is 11.6 Å². The van der Waals surface area contributed by atoms with Gasteiger partial charge in [-0.3, -0.25) is 0 Å². The van der Waals surface area contributed by atoms with E-state index < -0.39 is 0 Å². The van der Waals surface area contributed by atoms with Gasteiger partial charge in [0.1, 0.15) is 5.15 Å². The van der Waals surface area contributed by atoms with Gasteiger partial charge in [-0.25, -0.2) is 4.98 Å². The van der Waals surface area contributed by atoms with Gasteiger partial charge in [-0.15, -0.1) is 0 Å². The van der Waals surface area contributed by atoms with Crippen molar-refractivity contribution in [1.29, 1.82) is 0 Å². The van der Waals surface area contributed by atoms with Crippen molar-refractivity contribution in [3.05, 3.63) is 40.0 Å². The summed E-state index contributed by atoms with van der Waals surface area (Å²) in [5.41, 5.74) is 3.75. The van der Waals surface area contributed by atoms with E-state index >= 15 is 0 Å². The van der Waals surface area contributed by atoms with Gasteiger partial charge < -0.3 is 5.21 Å². The lowest BCUT2D eigenvalue weighted by atomic mass is 10.0. The lowest BCUT2D eigenvalue weighted by Gasteiger charge is -2.06. The summed E-state index contributed by atoms with van der Waals surface area (Å²) in [5.74, 6) is 0. The molecule has 0 aliphatic rings. The molecule has 2 rings (SSSR count). The van der Waals surface area contributed by atoms with Gasteiger partial charge in [0.05, 0.1) is 11.7 Å². The molecule has 2 aromatic rings. The first-order valence-corrected chi connectivity index (χ1v) is 5.24. The zero-order valence-corrected chi connectivity index (χ0v) is 9.78. The van der Waals surface area contributed by atoms with Crippen LogP contribution in [0.1, 0.15) is 16.7 Å². The number of aryl methyl sites for hydroxylation is 2. The Hall–Kier alpha value is -1.61. The normalized spacial score (nSPS) is 11.4. The van der Waals surface area contributed by atoms with E-state index in [0.29, 0.717) is 10.7 Å². The molecule has 4 heteroatoms. The summed E-state index contributed by atoms with van der Waals surface area (Å²) in [7, 11) is 0. The Morgan fingerprint density at radius 2 is 2.06 bits per heavy atom. The van der Waals surface area contributed by atoms with E-state index in [1.807, 2.05) is 26.0 Å². The fourth-order valence-electron chi connectivity index (χ4n) is 1.77. The third kappa shape index (κ3) is 1.86. The van der Waals surface area contributed by atoms with E-state index in [4.69, 9.17) is 16.8 Å². The molecule has 0 atom stereocenters. The Labute approximate surface area is 98.4 Å². The molecule has 3 nitrogen and oxygen atoms in total. The average Bonchev–Trinajstić information content (AvgIpc) is 2.20. The van der Waals surface area contributed by atoms with Gasteiger partial charge in [0.2, 0.25) is 0 Å². The van der Waals surface area contributed by atoms with Crippen LogP contribution in [0.3, 0.4) is 0 Å². The van der Waals surface area contributed by atoms with Crippen LogP contribution < -0.4 is 0 Å². The molecule has 0 amide bonds. The quantitative estimate of drug-likeness (QED) is 0.356. The van der Waals surface area contributed by atoms with Crippen LogP contribution in [0.25, 0.3) is 10.9 Å². The van der Waals surface area contributed by atoms with E-state index in [2.05, 4.69) is 16.2 Å². The van der Waals surface area contributed by atoms with Crippen LogP contribution in [0.15, 0.2) is 23.4 Å². The molecular formula is C12H11ClN2O. The zero-order chi connectivity index (χ0) is 11.7. The van der Waals surface area contributed by atoms with E-state index in [-0.39, 0.29) is 0 Å². The third-order valence-electron chi connectivity index (χ3n) is 2.46. The molecule has 0 saturated heterocycles. The number of nitrogens with zero attached hydrogens (tertiary/aromatic N) is 2. The summed E-state index contributed by atoms with van der Waals surface area (Å²) in [6.45, 7) is 4.04. The summed E-state index contributed by atoms with van der Waals surface area (Å²) >= 11 is 5.97. The first-order valence-electron chi connectivity index (χ1n) is 4.87. The minimum absolute atomic E-state index is 0.343. The second kappa shape index (κ2) is 4.10. The number of oxime groups is 1. The Morgan fingerprint density at radius 1 is 1.31 bits per heavy atom. The smallest absolute Gasteiger partial charge is 0.138 e. The number of hydrogen-bond donors (Lipinski definition) is 1. The van der Waals surface area contributed by atoms with Crippen LogP contribution in [0.2, 0.25) is 5.15 Å². The van der Waals surface area contributed by atoms with Crippen LogP contribution in [-0.4, -0.2) is 16.4 Å². The average molecular weight is 235 g/mol. The van der Waals surface area contributed by atoms with Gasteiger partial charge in [-0.05, 0) is 37.1 Å². The number of halogens is 1.